The number of aryl methyl sites for hydroxylation is 2. The van der Waals surface area contributed by atoms with Gasteiger partial charge in [-0.15, -0.1) is 0 Å². The number of furan rings is 1. The van der Waals surface area contributed by atoms with Gasteiger partial charge in [0.25, 0.3) is 5.91 Å². The van der Waals surface area contributed by atoms with Gasteiger partial charge in [-0.2, -0.15) is 0 Å². The Morgan fingerprint density at radius 3 is 2.24 bits per heavy atom. The summed E-state index contributed by atoms with van der Waals surface area (Å²) in [4.78, 5) is 28.2. The van der Waals surface area contributed by atoms with Crippen LogP contribution < -0.4 is 5.32 Å². The Morgan fingerprint density at radius 1 is 1.08 bits per heavy atom. The van der Waals surface area contributed by atoms with E-state index < -0.39 is 0 Å². The highest BCUT2D eigenvalue weighted by Gasteiger charge is 2.26. The highest BCUT2D eigenvalue weighted by Crippen LogP contribution is 2.25. The lowest BCUT2D eigenvalue weighted by Gasteiger charge is -2.34. The van der Waals surface area contributed by atoms with Crippen LogP contribution in [-0.2, 0) is 0 Å². The molecule has 1 aliphatic rings. The third kappa shape index (κ3) is 3.87. The Bertz CT molecular complexity index is 758. The molecule has 25 heavy (non-hydrogen) atoms. The molecule has 6 nitrogen and oxygen atoms in total. The predicted octanol–water partition coefficient (Wildman–Crippen LogP) is 3.65. The number of amides is 3. The van der Waals surface area contributed by atoms with E-state index in [-0.39, 0.29) is 11.9 Å². The Kier molecular flexibility index (Phi) is 5.13. The molecule has 2 heterocycles. The van der Waals surface area contributed by atoms with Crippen LogP contribution in [0.15, 0.2) is 39.4 Å². The molecule has 2 aromatic rings. The number of carbonyl (C=O) groups excluding carboxylic acids is 2. The van der Waals surface area contributed by atoms with E-state index in [2.05, 4.69) is 21.2 Å². The third-order valence-electron chi connectivity index (χ3n) is 4.32. The molecule has 1 fully saturated rings. The van der Waals surface area contributed by atoms with Crippen molar-refractivity contribution in [3.8, 4) is 0 Å². The molecule has 0 bridgehead atoms. The molecular weight excluding hydrogens is 386 g/mol. The predicted molar refractivity (Wildman–Crippen MR) is 98.8 cm³/mol. The summed E-state index contributed by atoms with van der Waals surface area (Å²) < 4.78 is 6.14. The summed E-state index contributed by atoms with van der Waals surface area (Å²) in [6, 6.07) is 7.16. The first kappa shape index (κ1) is 17.5. The molecule has 0 radical (unpaired) electrons. The van der Waals surface area contributed by atoms with Crippen molar-refractivity contribution in [2.75, 3.05) is 31.5 Å². The van der Waals surface area contributed by atoms with Crippen LogP contribution in [0, 0.1) is 13.8 Å². The van der Waals surface area contributed by atoms with Gasteiger partial charge in [0.05, 0.1) is 6.26 Å². The summed E-state index contributed by atoms with van der Waals surface area (Å²) in [6.07, 6.45) is 1.49. The minimum Gasteiger partial charge on any atom is -0.459 e. The van der Waals surface area contributed by atoms with Gasteiger partial charge in [0.2, 0.25) is 0 Å². The number of nitrogens with zero attached hydrogens (tertiary/aromatic N) is 2. The number of hydrogen-bond donors (Lipinski definition) is 1. The maximum absolute atomic E-state index is 12.5. The summed E-state index contributed by atoms with van der Waals surface area (Å²) in [5.74, 6) is 0.198. The standard InChI is InChI=1S/C18H20BrN3O3/c1-12-10-14(19)11-13(2)16(12)20-18(24)22-7-5-21(6-8-22)17(23)15-4-3-9-25-15/h3-4,9-11H,5-8H2,1-2H3,(H,20,24). The quantitative estimate of drug-likeness (QED) is 0.828. The number of halogens is 1. The molecule has 0 unspecified atom stereocenters. The number of anilines is 1. The zero-order chi connectivity index (χ0) is 18.0. The molecule has 1 aromatic heterocycles. The normalized spacial score (nSPS) is 14.5. The van der Waals surface area contributed by atoms with E-state index in [1.807, 2.05) is 26.0 Å². The zero-order valence-corrected chi connectivity index (χ0v) is 15.8. The van der Waals surface area contributed by atoms with Crippen LogP contribution >= 0.6 is 15.9 Å². The van der Waals surface area contributed by atoms with Crippen molar-refractivity contribution in [1.29, 1.82) is 0 Å². The molecule has 1 aromatic carbocycles. The van der Waals surface area contributed by atoms with E-state index in [0.717, 1.165) is 21.3 Å². The van der Waals surface area contributed by atoms with Gasteiger partial charge in [0, 0.05) is 36.3 Å². The van der Waals surface area contributed by atoms with Crippen LogP contribution in [0.1, 0.15) is 21.7 Å². The highest BCUT2D eigenvalue weighted by molar-refractivity contribution is 9.10. The minimum atomic E-state index is -0.140. The summed E-state index contributed by atoms with van der Waals surface area (Å²) in [5.41, 5.74) is 2.85. The first-order valence-corrected chi connectivity index (χ1v) is 8.90. The van der Waals surface area contributed by atoms with Gasteiger partial charge in [-0.25, -0.2) is 4.79 Å². The van der Waals surface area contributed by atoms with Crippen molar-refractivity contribution in [3.63, 3.8) is 0 Å². The molecule has 1 N–H and O–H groups in total. The molecule has 0 aliphatic carbocycles. The van der Waals surface area contributed by atoms with Crippen molar-refractivity contribution < 1.29 is 14.0 Å². The Balaban J connectivity index is 1.60. The van der Waals surface area contributed by atoms with Gasteiger partial charge in [-0.3, -0.25) is 4.79 Å². The molecule has 1 aliphatic heterocycles. The second-order valence-corrected chi connectivity index (χ2v) is 7.02. The smallest absolute Gasteiger partial charge is 0.321 e. The van der Waals surface area contributed by atoms with Crippen LogP contribution in [0.4, 0.5) is 10.5 Å². The number of hydrogen-bond acceptors (Lipinski definition) is 3. The van der Waals surface area contributed by atoms with Crippen molar-refractivity contribution in [2.45, 2.75) is 13.8 Å². The Morgan fingerprint density at radius 2 is 1.68 bits per heavy atom. The number of benzene rings is 1. The number of nitrogens with one attached hydrogen (secondary N) is 1. The molecule has 132 valence electrons. The van der Waals surface area contributed by atoms with Gasteiger partial charge < -0.3 is 19.5 Å². The fraction of sp³-hybridized carbons (Fsp3) is 0.333. The highest BCUT2D eigenvalue weighted by atomic mass is 79.9. The van der Waals surface area contributed by atoms with Gasteiger partial charge in [-0.05, 0) is 49.2 Å². The van der Waals surface area contributed by atoms with E-state index in [1.165, 1.54) is 6.26 Å². The van der Waals surface area contributed by atoms with E-state index in [9.17, 15) is 9.59 Å². The Hall–Kier alpha value is -2.28. The van der Waals surface area contributed by atoms with Crippen molar-refractivity contribution >= 4 is 33.6 Å². The van der Waals surface area contributed by atoms with Crippen molar-refractivity contribution in [1.82, 2.24) is 9.80 Å². The van der Waals surface area contributed by atoms with E-state index >= 15 is 0 Å². The number of urea groups is 1. The molecule has 3 rings (SSSR count). The molecule has 0 saturated carbocycles. The number of piperazine rings is 1. The minimum absolute atomic E-state index is 0.135. The monoisotopic (exact) mass is 405 g/mol. The van der Waals surface area contributed by atoms with Crippen LogP contribution in [0.2, 0.25) is 0 Å². The SMILES string of the molecule is Cc1cc(Br)cc(C)c1NC(=O)N1CCN(C(=O)c2ccco2)CC1. The van der Waals surface area contributed by atoms with Gasteiger partial charge in [0.15, 0.2) is 5.76 Å². The van der Waals surface area contributed by atoms with Crippen LogP contribution in [0.25, 0.3) is 0 Å². The summed E-state index contributed by atoms with van der Waals surface area (Å²) in [7, 11) is 0. The second kappa shape index (κ2) is 7.31. The third-order valence-corrected chi connectivity index (χ3v) is 4.77. The summed E-state index contributed by atoms with van der Waals surface area (Å²) >= 11 is 3.46. The van der Waals surface area contributed by atoms with Crippen molar-refractivity contribution in [2.24, 2.45) is 0 Å². The molecule has 0 atom stereocenters. The van der Waals surface area contributed by atoms with E-state index in [4.69, 9.17) is 4.42 Å². The van der Waals surface area contributed by atoms with E-state index in [1.54, 1.807) is 21.9 Å². The lowest BCUT2D eigenvalue weighted by molar-refractivity contribution is 0.0640. The second-order valence-electron chi connectivity index (χ2n) is 6.10. The molecule has 3 amide bonds. The average Bonchev–Trinajstić information content (AvgIpc) is 3.12. The summed E-state index contributed by atoms with van der Waals surface area (Å²) in [6.45, 7) is 5.90. The van der Waals surface area contributed by atoms with Crippen LogP contribution in [0.3, 0.4) is 0 Å². The van der Waals surface area contributed by atoms with Crippen molar-refractivity contribution in [3.05, 3.63) is 51.9 Å². The van der Waals surface area contributed by atoms with Crippen LogP contribution in [0.5, 0.6) is 0 Å². The first-order chi connectivity index (χ1) is 12.0. The van der Waals surface area contributed by atoms with Gasteiger partial charge in [0.1, 0.15) is 0 Å². The van der Waals surface area contributed by atoms with Gasteiger partial charge >= 0.3 is 6.03 Å². The fourth-order valence-corrected chi connectivity index (χ4v) is 3.65. The topological polar surface area (TPSA) is 65.8 Å². The lowest BCUT2D eigenvalue weighted by atomic mass is 10.1. The first-order valence-electron chi connectivity index (χ1n) is 8.11. The zero-order valence-electron chi connectivity index (χ0n) is 14.2. The maximum atomic E-state index is 12.5. The molecule has 0 spiro atoms. The average molecular weight is 406 g/mol. The Labute approximate surface area is 154 Å². The van der Waals surface area contributed by atoms with E-state index in [0.29, 0.717) is 31.9 Å². The maximum Gasteiger partial charge on any atom is 0.321 e. The fourth-order valence-electron chi connectivity index (χ4n) is 2.96. The number of rotatable bonds is 2. The van der Waals surface area contributed by atoms with Crippen LogP contribution in [-0.4, -0.2) is 47.9 Å². The largest absolute Gasteiger partial charge is 0.459 e. The molecule has 7 heteroatoms. The number of carbonyl (C=O) groups is 2. The molecular formula is C18H20BrN3O3. The summed E-state index contributed by atoms with van der Waals surface area (Å²) in [5, 5.41) is 2.99. The van der Waals surface area contributed by atoms with Gasteiger partial charge in [-0.1, -0.05) is 15.9 Å². The lowest BCUT2D eigenvalue weighted by Crippen LogP contribution is -2.51. The molecule has 1 saturated heterocycles.